The average Bonchev–Trinajstić information content (AvgIpc) is 2.43. The van der Waals surface area contributed by atoms with E-state index in [1.165, 1.54) is 30.3 Å². The highest BCUT2D eigenvalue weighted by atomic mass is 79.9. The van der Waals surface area contributed by atoms with Crippen molar-refractivity contribution in [3.05, 3.63) is 57.8 Å². The predicted molar refractivity (Wildman–Crippen MR) is 74.9 cm³/mol. The second-order valence-corrected chi connectivity index (χ2v) is 4.78. The lowest BCUT2D eigenvalue weighted by molar-refractivity contribution is 0.102. The van der Waals surface area contributed by atoms with Gasteiger partial charge in [0.1, 0.15) is 17.6 Å². The summed E-state index contributed by atoms with van der Waals surface area (Å²) >= 11 is 3.11. The maximum Gasteiger partial charge on any atom is 0.255 e. The van der Waals surface area contributed by atoms with Gasteiger partial charge in [0.15, 0.2) is 0 Å². The van der Waals surface area contributed by atoms with Crippen LogP contribution in [0.15, 0.2) is 40.9 Å². The highest BCUT2D eigenvalue weighted by Gasteiger charge is 2.10. The molecular formula is C14H8BrFN2O2. The summed E-state index contributed by atoms with van der Waals surface area (Å²) in [6.45, 7) is 0. The first-order valence-electron chi connectivity index (χ1n) is 5.51. The Kier molecular flexibility index (Phi) is 4.01. The summed E-state index contributed by atoms with van der Waals surface area (Å²) in [6.07, 6.45) is 0. The molecule has 4 nitrogen and oxygen atoms in total. The van der Waals surface area contributed by atoms with Gasteiger partial charge >= 0.3 is 0 Å². The van der Waals surface area contributed by atoms with Crippen LogP contribution in [-0.4, -0.2) is 11.0 Å². The first-order chi connectivity index (χ1) is 9.51. The summed E-state index contributed by atoms with van der Waals surface area (Å²) in [7, 11) is 0. The van der Waals surface area contributed by atoms with Gasteiger partial charge < -0.3 is 10.4 Å². The van der Waals surface area contributed by atoms with E-state index in [9.17, 15) is 14.3 Å². The Hall–Kier alpha value is -2.39. The predicted octanol–water partition coefficient (Wildman–Crippen LogP) is 3.42. The van der Waals surface area contributed by atoms with Gasteiger partial charge in [-0.1, -0.05) is 0 Å². The van der Waals surface area contributed by atoms with Gasteiger partial charge in [-0.05, 0) is 52.3 Å². The smallest absolute Gasteiger partial charge is 0.255 e. The monoisotopic (exact) mass is 334 g/mol. The van der Waals surface area contributed by atoms with E-state index in [0.717, 1.165) is 6.07 Å². The number of aromatic hydroxyl groups is 1. The van der Waals surface area contributed by atoms with Gasteiger partial charge in [-0.3, -0.25) is 4.79 Å². The van der Waals surface area contributed by atoms with Crippen LogP contribution >= 0.6 is 15.9 Å². The van der Waals surface area contributed by atoms with Crippen molar-refractivity contribution in [2.75, 3.05) is 5.32 Å². The fraction of sp³-hybridized carbons (Fsp3) is 0. The van der Waals surface area contributed by atoms with E-state index in [1.54, 1.807) is 6.07 Å². The Balaban J connectivity index is 2.23. The number of carbonyl (C=O) groups is 1. The number of carbonyl (C=O) groups excluding carboxylic acids is 1. The molecule has 0 aliphatic rings. The van der Waals surface area contributed by atoms with Crippen molar-refractivity contribution in [3.63, 3.8) is 0 Å². The number of hydrogen-bond acceptors (Lipinski definition) is 3. The van der Waals surface area contributed by atoms with E-state index in [-0.39, 0.29) is 16.9 Å². The molecule has 0 heterocycles. The summed E-state index contributed by atoms with van der Waals surface area (Å²) in [4.78, 5) is 11.9. The van der Waals surface area contributed by atoms with Gasteiger partial charge in [-0.15, -0.1) is 0 Å². The van der Waals surface area contributed by atoms with Crippen LogP contribution in [0.25, 0.3) is 0 Å². The highest BCUT2D eigenvalue weighted by Crippen LogP contribution is 2.25. The zero-order chi connectivity index (χ0) is 14.7. The minimum Gasteiger partial charge on any atom is -0.507 e. The number of anilines is 1. The van der Waals surface area contributed by atoms with Gasteiger partial charge in [-0.2, -0.15) is 5.26 Å². The molecule has 0 atom stereocenters. The normalized spacial score (nSPS) is 9.85. The third kappa shape index (κ3) is 2.95. The van der Waals surface area contributed by atoms with Gasteiger partial charge in [-0.25, -0.2) is 4.39 Å². The molecule has 0 aromatic heterocycles. The number of amides is 1. The van der Waals surface area contributed by atoms with Crippen molar-refractivity contribution in [1.29, 1.82) is 5.26 Å². The summed E-state index contributed by atoms with van der Waals surface area (Å²) < 4.78 is 13.6. The quantitative estimate of drug-likeness (QED) is 0.883. The minimum absolute atomic E-state index is 0.0607. The highest BCUT2D eigenvalue weighted by molar-refractivity contribution is 9.10. The summed E-state index contributed by atoms with van der Waals surface area (Å²) in [6, 6.07) is 9.75. The van der Waals surface area contributed by atoms with Crippen LogP contribution in [-0.2, 0) is 0 Å². The average molecular weight is 335 g/mol. The molecule has 2 N–H and O–H groups in total. The number of nitriles is 1. The van der Waals surface area contributed by atoms with E-state index in [0.29, 0.717) is 10.2 Å². The van der Waals surface area contributed by atoms with Crippen LogP contribution < -0.4 is 5.32 Å². The van der Waals surface area contributed by atoms with E-state index in [1.807, 2.05) is 0 Å². The van der Waals surface area contributed by atoms with Gasteiger partial charge in [0.25, 0.3) is 5.91 Å². The first kappa shape index (κ1) is 14.0. The van der Waals surface area contributed by atoms with Gasteiger partial charge in [0.2, 0.25) is 0 Å². The molecule has 0 unspecified atom stereocenters. The van der Waals surface area contributed by atoms with Crippen LogP contribution in [0.5, 0.6) is 5.75 Å². The Labute approximate surface area is 122 Å². The number of nitrogens with zero attached hydrogens (tertiary/aromatic N) is 1. The second-order valence-electron chi connectivity index (χ2n) is 3.93. The molecular weight excluding hydrogens is 327 g/mol. The van der Waals surface area contributed by atoms with E-state index < -0.39 is 11.7 Å². The molecule has 100 valence electrons. The van der Waals surface area contributed by atoms with Crippen molar-refractivity contribution >= 4 is 27.5 Å². The van der Waals surface area contributed by atoms with E-state index in [2.05, 4.69) is 21.2 Å². The van der Waals surface area contributed by atoms with Crippen molar-refractivity contribution < 1.29 is 14.3 Å². The summed E-state index contributed by atoms with van der Waals surface area (Å²) in [5, 5.41) is 20.8. The fourth-order valence-electron chi connectivity index (χ4n) is 1.55. The lowest BCUT2D eigenvalue weighted by atomic mass is 10.1. The molecule has 0 spiro atoms. The molecule has 2 aromatic carbocycles. The fourth-order valence-corrected chi connectivity index (χ4v) is 1.79. The molecule has 6 heteroatoms. The van der Waals surface area contributed by atoms with Crippen molar-refractivity contribution in [3.8, 4) is 11.8 Å². The Morgan fingerprint density at radius 1 is 1.30 bits per heavy atom. The molecule has 2 rings (SSSR count). The molecule has 20 heavy (non-hydrogen) atoms. The molecule has 1 amide bonds. The first-order valence-corrected chi connectivity index (χ1v) is 6.30. The van der Waals surface area contributed by atoms with Crippen molar-refractivity contribution in [2.24, 2.45) is 0 Å². The topological polar surface area (TPSA) is 73.1 Å². The van der Waals surface area contributed by atoms with Crippen LogP contribution in [0.2, 0.25) is 0 Å². The number of rotatable bonds is 2. The molecule has 0 bridgehead atoms. The lowest BCUT2D eigenvalue weighted by Gasteiger charge is -2.07. The van der Waals surface area contributed by atoms with Crippen molar-refractivity contribution in [2.45, 2.75) is 0 Å². The molecule has 2 aromatic rings. The molecule has 0 aliphatic heterocycles. The molecule has 0 radical (unpaired) electrons. The maximum absolute atomic E-state index is 13.2. The molecule has 0 saturated carbocycles. The zero-order valence-electron chi connectivity index (χ0n) is 10.0. The Morgan fingerprint density at radius 3 is 2.70 bits per heavy atom. The number of phenols is 1. The lowest BCUT2D eigenvalue weighted by Crippen LogP contribution is -2.12. The zero-order valence-corrected chi connectivity index (χ0v) is 11.6. The molecule has 0 aliphatic carbocycles. The van der Waals surface area contributed by atoms with E-state index >= 15 is 0 Å². The van der Waals surface area contributed by atoms with Gasteiger partial charge in [0.05, 0.1) is 10.0 Å². The number of hydrogen-bond donors (Lipinski definition) is 2. The van der Waals surface area contributed by atoms with Crippen LogP contribution in [0.1, 0.15) is 15.9 Å². The van der Waals surface area contributed by atoms with Crippen LogP contribution in [0.3, 0.4) is 0 Å². The minimum atomic E-state index is -0.646. The standard InChI is InChI=1S/C14H8BrFN2O2/c15-11-3-1-8(6-13(11)19)14(20)18-10-2-4-12(16)9(5-10)7-17/h1-6,19H,(H,18,20). The second kappa shape index (κ2) is 5.72. The third-order valence-electron chi connectivity index (χ3n) is 2.55. The van der Waals surface area contributed by atoms with E-state index in [4.69, 9.17) is 5.26 Å². The van der Waals surface area contributed by atoms with Crippen molar-refractivity contribution in [1.82, 2.24) is 0 Å². The number of halogens is 2. The summed E-state index contributed by atoms with van der Waals surface area (Å²) in [5.74, 6) is -1.18. The van der Waals surface area contributed by atoms with Gasteiger partial charge in [0, 0.05) is 11.3 Å². The SMILES string of the molecule is N#Cc1cc(NC(=O)c2ccc(Br)c(O)c2)ccc1F. The summed E-state index contributed by atoms with van der Waals surface area (Å²) in [5.41, 5.74) is 0.394. The number of phenolic OH excluding ortho intramolecular Hbond substituents is 1. The Bertz CT molecular complexity index is 726. The maximum atomic E-state index is 13.2. The largest absolute Gasteiger partial charge is 0.507 e. The number of benzene rings is 2. The molecule has 0 saturated heterocycles. The van der Waals surface area contributed by atoms with Crippen LogP contribution in [0, 0.1) is 17.1 Å². The third-order valence-corrected chi connectivity index (χ3v) is 3.22. The number of nitrogens with one attached hydrogen (secondary N) is 1. The molecule has 0 fully saturated rings. The van der Waals surface area contributed by atoms with Crippen LogP contribution in [0.4, 0.5) is 10.1 Å². The Morgan fingerprint density at radius 2 is 2.05 bits per heavy atom.